The van der Waals surface area contributed by atoms with E-state index in [1.54, 1.807) is 0 Å². The lowest BCUT2D eigenvalue weighted by atomic mass is 10.2. The summed E-state index contributed by atoms with van der Waals surface area (Å²) < 4.78 is 5.81. The molecular formula is C15H28N2O. The highest BCUT2D eigenvalue weighted by molar-refractivity contribution is 5.20. The highest BCUT2D eigenvalue weighted by atomic mass is 16.3. The molecule has 18 heavy (non-hydrogen) atoms. The van der Waals surface area contributed by atoms with Crippen molar-refractivity contribution >= 4 is 0 Å². The van der Waals surface area contributed by atoms with Crippen LogP contribution in [-0.2, 0) is 13.1 Å². The second kappa shape index (κ2) is 8.33. The Labute approximate surface area is 112 Å². The van der Waals surface area contributed by atoms with Crippen LogP contribution >= 0.6 is 0 Å². The monoisotopic (exact) mass is 252 g/mol. The fraction of sp³-hybridized carbons (Fsp3) is 0.733. The average Bonchev–Trinajstić information content (AvgIpc) is 2.67. The van der Waals surface area contributed by atoms with Crippen LogP contribution in [0.1, 0.15) is 50.2 Å². The largest absolute Gasteiger partial charge is 0.465 e. The molecule has 1 rings (SSSR count). The molecule has 0 unspecified atom stereocenters. The van der Waals surface area contributed by atoms with Crippen LogP contribution in [0.3, 0.4) is 0 Å². The molecule has 1 aromatic rings. The predicted molar refractivity (Wildman–Crippen MR) is 76.7 cm³/mol. The van der Waals surface area contributed by atoms with Crippen LogP contribution in [-0.4, -0.2) is 25.0 Å². The van der Waals surface area contributed by atoms with Gasteiger partial charge in [0.05, 0.1) is 6.54 Å². The van der Waals surface area contributed by atoms with Gasteiger partial charge in [-0.1, -0.05) is 20.3 Å². The van der Waals surface area contributed by atoms with Crippen LogP contribution in [0.5, 0.6) is 0 Å². The molecule has 0 radical (unpaired) electrons. The zero-order chi connectivity index (χ0) is 13.4. The Bertz CT molecular complexity index is 333. The maximum absolute atomic E-state index is 5.81. The Kier molecular flexibility index (Phi) is 7.06. The second-order valence-electron chi connectivity index (χ2n) is 5.06. The molecule has 0 amide bonds. The van der Waals surface area contributed by atoms with E-state index in [1.165, 1.54) is 24.8 Å². The van der Waals surface area contributed by atoms with Gasteiger partial charge in [-0.15, -0.1) is 0 Å². The van der Waals surface area contributed by atoms with E-state index >= 15 is 0 Å². The smallest absolute Gasteiger partial charge is 0.118 e. The lowest BCUT2D eigenvalue weighted by Gasteiger charge is -2.13. The maximum Gasteiger partial charge on any atom is 0.118 e. The number of aryl methyl sites for hydroxylation is 1. The number of hydrogen-bond donors (Lipinski definition) is 1. The normalized spacial score (nSPS) is 11.4. The molecule has 0 saturated heterocycles. The summed E-state index contributed by atoms with van der Waals surface area (Å²) in [7, 11) is 2.16. The molecule has 0 aliphatic heterocycles. The molecule has 0 fully saturated rings. The summed E-state index contributed by atoms with van der Waals surface area (Å²) in [6, 6.07) is 2.19. The number of rotatable bonds is 9. The van der Waals surface area contributed by atoms with Gasteiger partial charge in [0.1, 0.15) is 11.5 Å². The minimum atomic E-state index is 0.911. The third-order valence-corrected chi connectivity index (χ3v) is 3.13. The van der Waals surface area contributed by atoms with Crippen LogP contribution in [0.25, 0.3) is 0 Å². The molecule has 1 heterocycles. The number of furan rings is 1. The van der Waals surface area contributed by atoms with Crippen LogP contribution < -0.4 is 5.32 Å². The van der Waals surface area contributed by atoms with Gasteiger partial charge in [0.2, 0.25) is 0 Å². The standard InChI is InChI=1S/C15H28N2O/c1-5-7-9-17(4)12-15-10-14(13(3)18-15)11-16-8-6-2/h10,16H,5-9,11-12H2,1-4H3. The lowest BCUT2D eigenvalue weighted by Crippen LogP contribution is -2.18. The van der Waals surface area contributed by atoms with Crippen molar-refractivity contribution in [1.82, 2.24) is 10.2 Å². The number of nitrogens with zero attached hydrogens (tertiary/aromatic N) is 1. The second-order valence-corrected chi connectivity index (χ2v) is 5.06. The van der Waals surface area contributed by atoms with Crippen molar-refractivity contribution in [1.29, 1.82) is 0 Å². The van der Waals surface area contributed by atoms with Gasteiger partial charge in [-0.05, 0) is 46.0 Å². The van der Waals surface area contributed by atoms with Crippen molar-refractivity contribution in [3.8, 4) is 0 Å². The molecule has 0 aromatic carbocycles. The van der Waals surface area contributed by atoms with Gasteiger partial charge in [-0.3, -0.25) is 4.90 Å². The van der Waals surface area contributed by atoms with Crippen LogP contribution in [0.4, 0.5) is 0 Å². The molecule has 3 heteroatoms. The van der Waals surface area contributed by atoms with E-state index < -0.39 is 0 Å². The van der Waals surface area contributed by atoms with E-state index in [0.29, 0.717) is 0 Å². The molecule has 0 spiro atoms. The van der Waals surface area contributed by atoms with Gasteiger partial charge >= 0.3 is 0 Å². The topological polar surface area (TPSA) is 28.4 Å². The first-order chi connectivity index (χ1) is 8.67. The Hall–Kier alpha value is -0.800. The van der Waals surface area contributed by atoms with Crippen LogP contribution in [0, 0.1) is 6.92 Å². The van der Waals surface area contributed by atoms with Crippen molar-refractivity contribution in [3.05, 3.63) is 23.2 Å². The third-order valence-electron chi connectivity index (χ3n) is 3.13. The first-order valence-corrected chi connectivity index (χ1v) is 7.14. The molecule has 0 aliphatic carbocycles. The summed E-state index contributed by atoms with van der Waals surface area (Å²) in [5.41, 5.74) is 1.29. The summed E-state index contributed by atoms with van der Waals surface area (Å²) in [5, 5.41) is 3.42. The first kappa shape index (κ1) is 15.3. The van der Waals surface area contributed by atoms with Crippen molar-refractivity contribution in [2.24, 2.45) is 0 Å². The van der Waals surface area contributed by atoms with Gasteiger partial charge in [-0.25, -0.2) is 0 Å². The summed E-state index contributed by atoms with van der Waals surface area (Å²) >= 11 is 0. The average molecular weight is 252 g/mol. The fourth-order valence-corrected chi connectivity index (χ4v) is 2.01. The Morgan fingerprint density at radius 2 is 2.06 bits per heavy atom. The zero-order valence-electron chi connectivity index (χ0n) is 12.4. The molecule has 0 aliphatic rings. The minimum absolute atomic E-state index is 0.911. The number of hydrogen-bond acceptors (Lipinski definition) is 3. The van der Waals surface area contributed by atoms with Gasteiger partial charge in [0, 0.05) is 12.1 Å². The summed E-state index contributed by atoms with van der Waals surface area (Å²) in [6.45, 7) is 10.5. The van der Waals surface area contributed by atoms with Crippen LogP contribution in [0.2, 0.25) is 0 Å². The van der Waals surface area contributed by atoms with Gasteiger partial charge in [0.15, 0.2) is 0 Å². The molecule has 0 saturated carbocycles. The minimum Gasteiger partial charge on any atom is -0.465 e. The Morgan fingerprint density at radius 1 is 1.28 bits per heavy atom. The molecule has 1 N–H and O–H groups in total. The number of nitrogens with one attached hydrogen (secondary N) is 1. The van der Waals surface area contributed by atoms with E-state index in [-0.39, 0.29) is 0 Å². The van der Waals surface area contributed by atoms with E-state index in [2.05, 4.69) is 44.1 Å². The lowest BCUT2D eigenvalue weighted by molar-refractivity contribution is 0.288. The third kappa shape index (κ3) is 5.23. The maximum atomic E-state index is 5.81. The van der Waals surface area contributed by atoms with E-state index in [4.69, 9.17) is 4.42 Å². The zero-order valence-corrected chi connectivity index (χ0v) is 12.4. The summed E-state index contributed by atoms with van der Waals surface area (Å²) in [5.74, 6) is 2.14. The van der Waals surface area contributed by atoms with Crippen molar-refractivity contribution < 1.29 is 4.42 Å². The van der Waals surface area contributed by atoms with Crippen LogP contribution in [0.15, 0.2) is 10.5 Å². The van der Waals surface area contributed by atoms with Gasteiger partial charge in [0.25, 0.3) is 0 Å². The fourth-order valence-electron chi connectivity index (χ4n) is 2.01. The van der Waals surface area contributed by atoms with Gasteiger partial charge < -0.3 is 9.73 Å². The van der Waals surface area contributed by atoms with E-state index in [1.807, 2.05) is 0 Å². The van der Waals surface area contributed by atoms with E-state index in [0.717, 1.165) is 37.7 Å². The molecular weight excluding hydrogens is 224 g/mol. The van der Waals surface area contributed by atoms with Crippen molar-refractivity contribution in [3.63, 3.8) is 0 Å². The number of unbranched alkanes of at least 4 members (excludes halogenated alkanes) is 1. The molecule has 3 nitrogen and oxygen atoms in total. The molecule has 0 bridgehead atoms. The Balaban J connectivity index is 2.44. The first-order valence-electron chi connectivity index (χ1n) is 7.14. The molecule has 104 valence electrons. The molecule has 1 aromatic heterocycles. The Morgan fingerprint density at radius 3 is 2.72 bits per heavy atom. The highest BCUT2D eigenvalue weighted by Gasteiger charge is 2.08. The predicted octanol–water partition coefficient (Wildman–Crippen LogP) is 3.32. The van der Waals surface area contributed by atoms with Gasteiger partial charge in [-0.2, -0.15) is 0 Å². The quantitative estimate of drug-likeness (QED) is 0.683. The van der Waals surface area contributed by atoms with E-state index in [9.17, 15) is 0 Å². The highest BCUT2D eigenvalue weighted by Crippen LogP contribution is 2.16. The van der Waals surface area contributed by atoms with Crippen molar-refractivity contribution in [2.75, 3.05) is 20.1 Å². The molecule has 0 atom stereocenters. The summed E-state index contributed by atoms with van der Waals surface area (Å²) in [4.78, 5) is 2.32. The SMILES string of the molecule is CCCCN(C)Cc1cc(CNCCC)c(C)o1. The van der Waals surface area contributed by atoms with Crippen molar-refractivity contribution in [2.45, 2.75) is 53.1 Å². The summed E-state index contributed by atoms with van der Waals surface area (Å²) in [6.07, 6.45) is 3.67.